The van der Waals surface area contributed by atoms with Crippen LogP contribution in [0.2, 0.25) is 5.15 Å². The normalized spacial score (nSPS) is 21.7. The maximum absolute atomic E-state index is 11.5. The first-order chi connectivity index (χ1) is 6.66. The molecule has 0 N–H and O–H groups in total. The Morgan fingerprint density at radius 3 is 2.79 bits per heavy atom. The maximum Gasteiger partial charge on any atom is 0.229 e. The zero-order chi connectivity index (χ0) is 10.1. The lowest BCUT2D eigenvalue weighted by atomic mass is 10.4. The number of alkyl halides is 1. The average molecular weight is 277 g/mol. The first kappa shape index (κ1) is 9.86. The lowest BCUT2D eigenvalue weighted by Crippen LogP contribution is -2.25. The summed E-state index contributed by atoms with van der Waals surface area (Å²) in [7, 11) is 0. The number of amides is 1. The highest BCUT2D eigenvalue weighted by atomic mass is 79.9. The van der Waals surface area contributed by atoms with Crippen LogP contribution in [0.25, 0.3) is 0 Å². The minimum Gasteiger partial charge on any atom is -0.294 e. The molecule has 0 aliphatic carbocycles. The number of rotatable bonds is 1. The molecule has 0 aromatic carbocycles. The predicted molar refractivity (Wildman–Crippen MR) is 56.7 cm³/mol. The predicted octanol–water partition coefficient (Wildman–Crippen LogP) is 1.63. The highest BCUT2D eigenvalue weighted by molar-refractivity contribution is 9.09. The van der Waals surface area contributed by atoms with E-state index in [2.05, 4.69) is 25.9 Å². The summed E-state index contributed by atoms with van der Waals surface area (Å²) in [6.45, 7) is 0.634. The van der Waals surface area contributed by atoms with E-state index in [1.807, 2.05) is 0 Å². The highest BCUT2D eigenvalue weighted by Gasteiger charge is 2.29. The highest BCUT2D eigenvalue weighted by Crippen LogP contribution is 2.23. The smallest absolute Gasteiger partial charge is 0.229 e. The lowest BCUT2D eigenvalue weighted by molar-refractivity contribution is -0.117. The minimum atomic E-state index is 0.0588. The molecule has 74 valence electrons. The Hall–Kier alpha value is -0.680. The van der Waals surface area contributed by atoms with E-state index in [0.29, 0.717) is 23.9 Å². The van der Waals surface area contributed by atoms with Gasteiger partial charge >= 0.3 is 0 Å². The quantitative estimate of drug-likeness (QED) is 0.733. The Labute approximate surface area is 94.4 Å². The van der Waals surface area contributed by atoms with Crippen molar-refractivity contribution in [2.24, 2.45) is 0 Å². The number of nitrogens with zero attached hydrogens (tertiary/aromatic N) is 3. The van der Waals surface area contributed by atoms with Crippen molar-refractivity contribution in [3.63, 3.8) is 0 Å². The molecule has 0 radical (unpaired) electrons. The van der Waals surface area contributed by atoms with Crippen molar-refractivity contribution in [1.82, 2.24) is 9.97 Å². The molecule has 1 aromatic rings. The van der Waals surface area contributed by atoms with Gasteiger partial charge in [0.1, 0.15) is 5.15 Å². The molecule has 1 aromatic heterocycles. The zero-order valence-electron chi connectivity index (χ0n) is 7.15. The van der Waals surface area contributed by atoms with Gasteiger partial charge in [0.15, 0.2) is 5.82 Å². The van der Waals surface area contributed by atoms with E-state index >= 15 is 0 Å². The second-order valence-electron chi connectivity index (χ2n) is 3.00. The molecular formula is C8H7BrClN3O. The Kier molecular flexibility index (Phi) is 2.69. The van der Waals surface area contributed by atoms with Crippen LogP contribution in [0.1, 0.15) is 6.42 Å². The molecule has 1 saturated heterocycles. The molecule has 1 atom stereocenters. The second-order valence-corrected chi connectivity index (χ2v) is 4.69. The lowest BCUT2D eigenvalue weighted by Gasteiger charge is -2.13. The SMILES string of the molecule is O=C1CC(Br)CN1c1cnc(Cl)cn1. The molecule has 1 amide bonds. The number of anilines is 1. The average Bonchev–Trinajstić information content (AvgIpc) is 2.47. The summed E-state index contributed by atoms with van der Waals surface area (Å²) in [5, 5.41) is 0.329. The van der Waals surface area contributed by atoms with Crippen LogP contribution in [-0.4, -0.2) is 27.2 Å². The zero-order valence-corrected chi connectivity index (χ0v) is 9.49. The summed E-state index contributed by atoms with van der Waals surface area (Å²) < 4.78 is 0. The first-order valence-corrected chi connectivity index (χ1v) is 5.38. The van der Waals surface area contributed by atoms with Gasteiger partial charge in [-0.1, -0.05) is 27.5 Å². The van der Waals surface area contributed by atoms with E-state index < -0.39 is 0 Å². The largest absolute Gasteiger partial charge is 0.294 e. The Morgan fingerprint density at radius 1 is 1.50 bits per heavy atom. The Balaban J connectivity index is 2.23. The molecule has 6 heteroatoms. The summed E-state index contributed by atoms with van der Waals surface area (Å²) in [4.78, 5) is 21.2. The third-order valence-corrected chi connectivity index (χ3v) is 2.77. The van der Waals surface area contributed by atoms with Crippen LogP contribution < -0.4 is 4.90 Å². The Morgan fingerprint density at radius 2 is 2.29 bits per heavy atom. The Bertz CT molecular complexity index is 356. The first-order valence-electron chi connectivity index (χ1n) is 4.09. The number of aromatic nitrogens is 2. The number of halogens is 2. The van der Waals surface area contributed by atoms with Crippen LogP contribution >= 0.6 is 27.5 Å². The van der Waals surface area contributed by atoms with Crippen molar-refractivity contribution < 1.29 is 4.79 Å². The topological polar surface area (TPSA) is 46.1 Å². The molecule has 0 bridgehead atoms. The van der Waals surface area contributed by atoms with Gasteiger partial charge in [0, 0.05) is 17.8 Å². The standard InChI is InChI=1S/C8H7BrClN3O/c9-5-1-8(14)13(4-5)7-3-11-6(10)2-12-7/h2-3,5H,1,4H2. The van der Waals surface area contributed by atoms with E-state index in [9.17, 15) is 4.79 Å². The van der Waals surface area contributed by atoms with Gasteiger partial charge in [-0.25, -0.2) is 9.97 Å². The summed E-state index contributed by atoms with van der Waals surface area (Å²) in [6.07, 6.45) is 3.45. The van der Waals surface area contributed by atoms with Crippen molar-refractivity contribution in [1.29, 1.82) is 0 Å². The van der Waals surface area contributed by atoms with Gasteiger partial charge in [-0.15, -0.1) is 0 Å². The van der Waals surface area contributed by atoms with E-state index in [0.717, 1.165) is 0 Å². The summed E-state index contributed by atoms with van der Waals surface area (Å²) in [5.41, 5.74) is 0. The van der Waals surface area contributed by atoms with Crippen molar-refractivity contribution in [3.8, 4) is 0 Å². The van der Waals surface area contributed by atoms with Gasteiger partial charge in [0.05, 0.1) is 12.4 Å². The number of carbonyl (C=O) groups is 1. The number of hydrogen-bond donors (Lipinski definition) is 0. The van der Waals surface area contributed by atoms with Crippen molar-refractivity contribution >= 4 is 39.3 Å². The molecule has 4 nitrogen and oxygen atoms in total. The van der Waals surface area contributed by atoms with Gasteiger partial charge in [0.25, 0.3) is 0 Å². The van der Waals surface area contributed by atoms with Crippen molar-refractivity contribution in [2.75, 3.05) is 11.4 Å². The summed E-state index contributed by atoms with van der Waals surface area (Å²) >= 11 is 8.99. The van der Waals surface area contributed by atoms with Crippen LogP contribution in [0.4, 0.5) is 5.82 Å². The molecule has 1 aliphatic heterocycles. The molecular weight excluding hydrogens is 269 g/mol. The third kappa shape index (κ3) is 1.88. The minimum absolute atomic E-state index is 0.0588. The van der Waals surface area contributed by atoms with Crippen molar-refractivity contribution in [3.05, 3.63) is 17.5 Å². The van der Waals surface area contributed by atoms with E-state index in [4.69, 9.17) is 11.6 Å². The molecule has 1 unspecified atom stereocenters. The van der Waals surface area contributed by atoms with Crippen LogP contribution in [0, 0.1) is 0 Å². The molecule has 1 aliphatic rings. The fraction of sp³-hybridized carbons (Fsp3) is 0.375. The number of carbonyl (C=O) groups excluding carboxylic acids is 1. The van der Waals surface area contributed by atoms with E-state index in [1.165, 1.54) is 12.4 Å². The fourth-order valence-electron chi connectivity index (χ4n) is 1.33. The van der Waals surface area contributed by atoms with Gasteiger partial charge < -0.3 is 0 Å². The van der Waals surface area contributed by atoms with Crippen LogP contribution in [-0.2, 0) is 4.79 Å². The van der Waals surface area contributed by atoms with E-state index in [1.54, 1.807) is 4.90 Å². The van der Waals surface area contributed by atoms with Crippen molar-refractivity contribution in [2.45, 2.75) is 11.2 Å². The van der Waals surface area contributed by atoms with E-state index in [-0.39, 0.29) is 10.7 Å². The molecule has 1 fully saturated rings. The second kappa shape index (κ2) is 3.82. The van der Waals surface area contributed by atoms with Crippen LogP contribution in [0.3, 0.4) is 0 Å². The van der Waals surface area contributed by atoms with Gasteiger partial charge in [-0.3, -0.25) is 9.69 Å². The van der Waals surface area contributed by atoms with Gasteiger partial charge in [0.2, 0.25) is 5.91 Å². The molecule has 0 saturated carbocycles. The molecule has 2 rings (SSSR count). The van der Waals surface area contributed by atoms with Crippen LogP contribution in [0.15, 0.2) is 12.4 Å². The maximum atomic E-state index is 11.5. The third-order valence-electron chi connectivity index (χ3n) is 1.96. The molecule has 2 heterocycles. The summed E-state index contributed by atoms with van der Waals surface area (Å²) in [6, 6.07) is 0. The summed E-state index contributed by atoms with van der Waals surface area (Å²) in [5.74, 6) is 0.616. The monoisotopic (exact) mass is 275 g/mol. The fourth-order valence-corrected chi connectivity index (χ4v) is 1.99. The van der Waals surface area contributed by atoms with Gasteiger partial charge in [-0.05, 0) is 0 Å². The molecule has 14 heavy (non-hydrogen) atoms. The number of hydrogen-bond acceptors (Lipinski definition) is 3. The van der Waals surface area contributed by atoms with Crippen LogP contribution in [0.5, 0.6) is 0 Å². The van der Waals surface area contributed by atoms with Gasteiger partial charge in [-0.2, -0.15) is 0 Å². The molecule has 0 spiro atoms.